The van der Waals surface area contributed by atoms with E-state index in [1.54, 1.807) is 0 Å². The van der Waals surface area contributed by atoms with E-state index in [0.717, 1.165) is 40.7 Å². The number of fused-ring (bicyclic) bond motifs is 1. The van der Waals surface area contributed by atoms with Crippen LogP contribution in [0, 0.1) is 0 Å². The van der Waals surface area contributed by atoms with Crippen molar-refractivity contribution in [2.75, 3.05) is 29.1 Å². The molecule has 0 unspecified atom stereocenters. The number of carbonyl (C=O) groups excluding carboxylic acids is 1. The molecule has 0 saturated carbocycles. The number of hydrogen-bond donors (Lipinski definition) is 1. The molecule has 1 fully saturated rings. The standard InChI is InChI=1S/C20H22N4OS/c1-23-17-10-4-2-8-15(17)22-20(23)26-14-19(25)21-16-9-3-5-11-18(16)24-12-6-7-13-24/h2-5,8-11H,6-7,12-14H2,1H3,(H,21,25). The molecule has 1 aromatic heterocycles. The van der Waals surface area contributed by atoms with Crippen molar-refractivity contribution in [3.8, 4) is 0 Å². The number of imidazole rings is 1. The molecule has 2 aromatic carbocycles. The van der Waals surface area contributed by atoms with Gasteiger partial charge in [-0.2, -0.15) is 0 Å². The average molecular weight is 366 g/mol. The lowest BCUT2D eigenvalue weighted by molar-refractivity contribution is -0.113. The lowest BCUT2D eigenvalue weighted by Crippen LogP contribution is -2.21. The maximum atomic E-state index is 12.5. The molecule has 134 valence electrons. The van der Waals surface area contributed by atoms with Crippen LogP contribution in [0.15, 0.2) is 53.7 Å². The Morgan fingerprint density at radius 1 is 1.12 bits per heavy atom. The normalized spacial score (nSPS) is 14.1. The molecule has 0 spiro atoms. The molecule has 4 rings (SSSR count). The lowest BCUT2D eigenvalue weighted by atomic mass is 10.2. The van der Waals surface area contributed by atoms with Gasteiger partial charge in [0.1, 0.15) is 0 Å². The van der Waals surface area contributed by atoms with E-state index in [0.29, 0.717) is 5.75 Å². The number of thioether (sulfide) groups is 1. The molecule has 0 aliphatic carbocycles. The molecule has 6 heteroatoms. The number of aromatic nitrogens is 2. The van der Waals surface area contributed by atoms with Crippen molar-refractivity contribution in [1.29, 1.82) is 0 Å². The van der Waals surface area contributed by atoms with Gasteiger partial charge in [0.2, 0.25) is 5.91 Å². The zero-order valence-electron chi connectivity index (χ0n) is 14.8. The Morgan fingerprint density at radius 2 is 1.85 bits per heavy atom. The Kier molecular flexibility index (Phi) is 4.84. The Bertz CT molecular complexity index is 930. The number of nitrogens with one attached hydrogen (secondary N) is 1. The number of benzene rings is 2. The highest BCUT2D eigenvalue weighted by Gasteiger charge is 2.17. The van der Waals surface area contributed by atoms with Crippen LogP contribution in [0.25, 0.3) is 11.0 Å². The summed E-state index contributed by atoms with van der Waals surface area (Å²) in [6, 6.07) is 16.1. The van der Waals surface area contributed by atoms with Crippen molar-refractivity contribution >= 4 is 40.1 Å². The number of amides is 1. The van der Waals surface area contributed by atoms with Gasteiger partial charge in [-0.15, -0.1) is 0 Å². The van der Waals surface area contributed by atoms with E-state index in [-0.39, 0.29) is 5.91 Å². The van der Waals surface area contributed by atoms with E-state index in [4.69, 9.17) is 0 Å². The van der Waals surface area contributed by atoms with Crippen molar-refractivity contribution < 1.29 is 4.79 Å². The van der Waals surface area contributed by atoms with Crippen LogP contribution in [-0.4, -0.2) is 34.3 Å². The molecule has 0 bridgehead atoms. The van der Waals surface area contributed by atoms with E-state index in [2.05, 4.69) is 21.3 Å². The van der Waals surface area contributed by atoms with Crippen molar-refractivity contribution in [2.45, 2.75) is 18.0 Å². The molecule has 2 heterocycles. The van der Waals surface area contributed by atoms with Gasteiger partial charge in [0.25, 0.3) is 0 Å². The van der Waals surface area contributed by atoms with Crippen molar-refractivity contribution in [3.63, 3.8) is 0 Å². The van der Waals surface area contributed by atoms with Crippen molar-refractivity contribution in [1.82, 2.24) is 9.55 Å². The lowest BCUT2D eigenvalue weighted by Gasteiger charge is -2.21. The second-order valence-electron chi connectivity index (χ2n) is 6.49. The molecule has 1 amide bonds. The molecule has 26 heavy (non-hydrogen) atoms. The predicted octanol–water partition coefficient (Wildman–Crippen LogP) is 3.90. The third kappa shape index (κ3) is 3.42. The Balaban J connectivity index is 1.43. The van der Waals surface area contributed by atoms with Crippen LogP contribution in [0.3, 0.4) is 0 Å². The number of hydrogen-bond acceptors (Lipinski definition) is 4. The molecule has 0 atom stereocenters. The summed E-state index contributed by atoms with van der Waals surface area (Å²) in [4.78, 5) is 19.4. The third-order valence-corrected chi connectivity index (χ3v) is 5.73. The van der Waals surface area contributed by atoms with Gasteiger partial charge in [0.15, 0.2) is 5.16 Å². The smallest absolute Gasteiger partial charge is 0.234 e. The highest BCUT2D eigenvalue weighted by molar-refractivity contribution is 7.99. The molecular formula is C20H22N4OS. The quantitative estimate of drug-likeness (QED) is 0.696. The van der Waals surface area contributed by atoms with E-state index in [1.165, 1.54) is 24.6 Å². The number of nitrogens with zero attached hydrogens (tertiary/aromatic N) is 3. The number of para-hydroxylation sites is 4. The van der Waals surface area contributed by atoms with Gasteiger partial charge >= 0.3 is 0 Å². The summed E-state index contributed by atoms with van der Waals surface area (Å²) in [7, 11) is 1.98. The van der Waals surface area contributed by atoms with Crippen LogP contribution in [0.5, 0.6) is 0 Å². The van der Waals surface area contributed by atoms with Gasteiger partial charge in [-0.25, -0.2) is 4.98 Å². The Morgan fingerprint density at radius 3 is 2.65 bits per heavy atom. The molecule has 5 nitrogen and oxygen atoms in total. The highest BCUT2D eigenvalue weighted by Crippen LogP contribution is 2.29. The highest BCUT2D eigenvalue weighted by atomic mass is 32.2. The number of carbonyl (C=O) groups is 1. The maximum absolute atomic E-state index is 12.5. The van der Waals surface area contributed by atoms with Gasteiger partial charge in [0.05, 0.1) is 28.2 Å². The molecule has 3 aromatic rings. The first kappa shape index (κ1) is 17.0. The van der Waals surface area contributed by atoms with Crippen molar-refractivity contribution in [2.24, 2.45) is 7.05 Å². The summed E-state index contributed by atoms with van der Waals surface area (Å²) < 4.78 is 2.03. The van der Waals surface area contributed by atoms with Crippen molar-refractivity contribution in [3.05, 3.63) is 48.5 Å². The number of anilines is 2. The molecule has 1 N–H and O–H groups in total. The second kappa shape index (κ2) is 7.41. The summed E-state index contributed by atoms with van der Waals surface area (Å²) >= 11 is 1.46. The van der Waals surface area contributed by atoms with Crippen LogP contribution < -0.4 is 10.2 Å². The van der Waals surface area contributed by atoms with Crippen LogP contribution >= 0.6 is 11.8 Å². The zero-order chi connectivity index (χ0) is 17.9. The van der Waals surface area contributed by atoms with Crippen LogP contribution in [0.1, 0.15) is 12.8 Å². The molecule has 0 radical (unpaired) electrons. The molecule has 1 aliphatic heterocycles. The fourth-order valence-corrected chi connectivity index (χ4v) is 4.17. The van der Waals surface area contributed by atoms with Crippen LogP contribution in [0.2, 0.25) is 0 Å². The van der Waals surface area contributed by atoms with Gasteiger partial charge in [0, 0.05) is 20.1 Å². The fraction of sp³-hybridized carbons (Fsp3) is 0.300. The summed E-state index contributed by atoms with van der Waals surface area (Å²) in [5.41, 5.74) is 4.04. The Labute approximate surface area is 157 Å². The summed E-state index contributed by atoms with van der Waals surface area (Å²) in [6.45, 7) is 2.11. The molecule has 1 aliphatic rings. The third-order valence-electron chi connectivity index (χ3n) is 4.70. The second-order valence-corrected chi connectivity index (χ2v) is 7.43. The van der Waals surface area contributed by atoms with E-state index < -0.39 is 0 Å². The first-order chi connectivity index (χ1) is 12.7. The summed E-state index contributed by atoms with van der Waals surface area (Å²) in [5, 5.41) is 3.93. The first-order valence-electron chi connectivity index (χ1n) is 8.90. The minimum atomic E-state index is -0.00583. The zero-order valence-corrected chi connectivity index (χ0v) is 15.6. The largest absolute Gasteiger partial charge is 0.370 e. The van der Waals surface area contributed by atoms with Gasteiger partial charge in [-0.3, -0.25) is 4.79 Å². The Hall–Kier alpha value is -2.47. The van der Waals surface area contributed by atoms with Crippen LogP contribution in [-0.2, 0) is 11.8 Å². The van der Waals surface area contributed by atoms with E-state index in [1.807, 2.05) is 54.1 Å². The van der Waals surface area contributed by atoms with Gasteiger partial charge < -0.3 is 14.8 Å². The first-order valence-corrected chi connectivity index (χ1v) is 9.89. The topological polar surface area (TPSA) is 50.2 Å². The SMILES string of the molecule is Cn1c(SCC(=O)Nc2ccccc2N2CCCC2)nc2ccccc21. The van der Waals surface area contributed by atoms with Gasteiger partial charge in [-0.1, -0.05) is 36.0 Å². The fourth-order valence-electron chi connectivity index (χ4n) is 3.38. The van der Waals surface area contributed by atoms with E-state index >= 15 is 0 Å². The molecule has 1 saturated heterocycles. The molecular weight excluding hydrogens is 344 g/mol. The number of aryl methyl sites for hydroxylation is 1. The number of rotatable bonds is 5. The minimum Gasteiger partial charge on any atom is -0.370 e. The van der Waals surface area contributed by atoms with Crippen LogP contribution in [0.4, 0.5) is 11.4 Å². The predicted molar refractivity (Wildman–Crippen MR) is 108 cm³/mol. The monoisotopic (exact) mass is 366 g/mol. The maximum Gasteiger partial charge on any atom is 0.234 e. The average Bonchev–Trinajstić information content (AvgIpc) is 3.29. The minimum absolute atomic E-state index is 0.00583. The van der Waals surface area contributed by atoms with E-state index in [9.17, 15) is 4.79 Å². The van der Waals surface area contributed by atoms with Gasteiger partial charge in [-0.05, 0) is 37.1 Å². The summed E-state index contributed by atoms with van der Waals surface area (Å²) in [6.07, 6.45) is 2.43. The summed E-state index contributed by atoms with van der Waals surface area (Å²) in [5.74, 6) is 0.333.